The van der Waals surface area contributed by atoms with Crippen molar-refractivity contribution in [1.82, 2.24) is 19.9 Å². The van der Waals surface area contributed by atoms with Gasteiger partial charge in [-0.3, -0.25) is 0 Å². The van der Waals surface area contributed by atoms with Gasteiger partial charge in [0, 0.05) is 6.42 Å². The number of nitrogens with one attached hydrogen (secondary N) is 2. The standard InChI is InChI=1S/C18H15N5O/c1-10-20-14-6-11(7-15(24-2)18(14)21-10)8-16-22-13-5-3-4-12(9-19)17(13)23-16/h3-7H,8H2,1-2H3,(H,20,21)(H,22,23). The van der Waals surface area contributed by atoms with Gasteiger partial charge in [0.15, 0.2) is 0 Å². The van der Waals surface area contributed by atoms with Crippen LogP contribution in [-0.4, -0.2) is 27.0 Å². The van der Waals surface area contributed by atoms with E-state index < -0.39 is 0 Å². The van der Waals surface area contributed by atoms with Crippen molar-refractivity contribution >= 4 is 22.1 Å². The zero-order valence-corrected chi connectivity index (χ0v) is 13.3. The molecule has 118 valence electrons. The number of fused-ring (bicyclic) bond motifs is 2. The van der Waals surface area contributed by atoms with Crippen molar-refractivity contribution < 1.29 is 4.74 Å². The maximum absolute atomic E-state index is 9.19. The smallest absolute Gasteiger partial charge is 0.146 e. The van der Waals surface area contributed by atoms with Gasteiger partial charge >= 0.3 is 0 Å². The number of benzene rings is 2. The Morgan fingerprint density at radius 1 is 1.12 bits per heavy atom. The zero-order chi connectivity index (χ0) is 16.7. The molecule has 0 radical (unpaired) electrons. The summed E-state index contributed by atoms with van der Waals surface area (Å²) in [6, 6.07) is 11.8. The lowest BCUT2D eigenvalue weighted by Gasteiger charge is -2.04. The predicted octanol–water partition coefficient (Wildman–Crippen LogP) is 3.22. The molecular weight excluding hydrogens is 302 g/mol. The van der Waals surface area contributed by atoms with Gasteiger partial charge in [-0.25, -0.2) is 9.97 Å². The number of nitriles is 1. The van der Waals surface area contributed by atoms with Crippen LogP contribution in [0.4, 0.5) is 0 Å². The quantitative estimate of drug-likeness (QED) is 0.607. The maximum atomic E-state index is 9.19. The van der Waals surface area contributed by atoms with Crippen LogP contribution < -0.4 is 4.74 Å². The van der Waals surface area contributed by atoms with E-state index in [9.17, 15) is 5.26 Å². The summed E-state index contributed by atoms with van der Waals surface area (Å²) < 4.78 is 5.46. The largest absolute Gasteiger partial charge is 0.494 e. The summed E-state index contributed by atoms with van der Waals surface area (Å²) in [5, 5.41) is 9.19. The Morgan fingerprint density at radius 2 is 2.00 bits per heavy atom. The van der Waals surface area contributed by atoms with Gasteiger partial charge in [0.25, 0.3) is 0 Å². The van der Waals surface area contributed by atoms with E-state index in [1.54, 1.807) is 13.2 Å². The second kappa shape index (κ2) is 5.39. The minimum atomic E-state index is 0.576. The van der Waals surface area contributed by atoms with E-state index in [2.05, 4.69) is 32.1 Å². The van der Waals surface area contributed by atoms with Crippen molar-refractivity contribution in [3.05, 3.63) is 53.1 Å². The molecular formula is C18H15N5O. The van der Waals surface area contributed by atoms with E-state index in [0.717, 1.165) is 39.5 Å². The number of H-pyrrole nitrogens is 2. The average molecular weight is 317 g/mol. The Bertz CT molecular complexity index is 1100. The first-order chi connectivity index (χ1) is 11.7. The molecule has 4 aromatic rings. The van der Waals surface area contributed by atoms with Crippen molar-refractivity contribution in [2.45, 2.75) is 13.3 Å². The summed E-state index contributed by atoms with van der Waals surface area (Å²) >= 11 is 0. The number of hydrogen-bond acceptors (Lipinski definition) is 4. The highest BCUT2D eigenvalue weighted by Gasteiger charge is 2.12. The van der Waals surface area contributed by atoms with Crippen LogP contribution in [0.1, 0.15) is 22.8 Å². The first-order valence-corrected chi connectivity index (χ1v) is 7.59. The number of aryl methyl sites for hydroxylation is 1. The van der Waals surface area contributed by atoms with Gasteiger partial charge in [-0.15, -0.1) is 0 Å². The lowest BCUT2D eigenvalue weighted by molar-refractivity contribution is 0.418. The van der Waals surface area contributed by atoms with Crippen molar-refractivity contribution in [3.63, 3.8) is 0 Å². The van der Waals surface area contributed by atoms with Gasteiger partial charge < -0.3 is 14.7 Å². The monoisotopic (exact) mass is 317 g/mol. The summed E-state index contributed by atoms with van der Waals surface area (Å²) in [5.74, 6) is 2.40. The van der Waals surface area contributed by atoms with Crippen molar-refractivity contribution in [2.24, 2.45) is 0 Å². The van der Waals surface area contributed by atoms with Crippen LogP contribution in [0.25, 0.3) is 22.1 Å². The van der Waals surface area contributed by atoms with Crippen LogP contribution in [0.3, 0.4) is 0 Å². The first-order valence-electron chi connectivity index (χ1n) is 7.59. The summed E-state index contributed by atoms with van der Waals surface area (Å²) in [7, 11) is 1.64. The van der Waals surface area contributed by atoms with Crippen LogP contribution in [-0.2, 0) is 6.42 Å². The minimum Gasteiger partial charge on any atom is -0.494 e. The fraction of sp³-hybridized carbons (Fsp3) is 0.167. The average Bonchev–Trinajstić information content (AvgIpc) is 3.15. The van der Waals surface area contributed by atoms with E-state index in [0.29, 0.717) is 17.5 Å². The number of rotatable bonds is 3. The number of imidazole rings is 2. The summed E-state index contributed by atoms with van der Waals surface area (Å²) in [6.45, 7) is 1.92. The van der Waals surface area contributed by atoms with Gasteiger partial charge in [-0.1, -0.05) is 6.07 Å². The van der Waals surface area contributed by atoms with Gasteiger partial charge in [0.05, 0.1) is 23.7 Å². The molecule has 0 atom stereocenters. The third kappa shape index (κ3) is 2.27. The van der Waals surface area contributed by atoms with E-state index >= 15 is 0 Å². The fourth-order valence-corrected chi connectivity index (χ4v) is 2.97. The van der Waals surface area contributed by atoms with Crippen LogP contribution in [0.15, 0.2) is 30.3 Å². The zero-order valence-electron chi connectivity index (χ0n) is 13.3. The molecule has 0 spiro atoms. The fourth-order valence-electron chi connectivity index (χ4n) is 2.97. The molecule has 0 amide bonds. The molecule has 4 rings (SSSR count). The molecule has 0 saturated heterocycles. The van der Waals surface area contributed by atoms with E-state index in [-0.39, 0.29) is 0 Å². The molecule has 2 heterocycles. The van der Waals surface area contributed by atoms with Crippen LogP contribution in [0.5, 0.6) is 5.75 Å². The molecule has 6 heteroatoms. The molecule has 0 aliphatic carbocycles. The highest BCUT2D eigenvalue weighted by molar-refractivity contribution is 5.83. The van der Waals surface area contributed by atoms with Crippen molar-refractivity contribution in [1.29, 1.82) is 5.26 Å². The van der Waals surface area contributed by atoms with Crippen molar-refractivity contribution in [2.75, 3.05) is 7.11 Å². The molecule has 24 heavy (non-hydrogen) atoms. The molecule has 2 aromatic carbocycles. The van der Waals surface area contributed by atoms with Crippen LogP contribution in [0, 0.1) is 18.3 Å². The molecule has 0 aliphatic rings. The number of hydrogen-bond donors (Lipinski definition) is 2. The topological polar surface area (TPSA) is 90.4 Å². The third-order valence-corrected chi connectivity index (χ3v) is 4.00. The summed E-state index contributed by atoms with van der Waals surface area (Å²) in [6.07, 6.45) is 0.615. The van der Waals surface area contributed by atoms with Crippen LogP contribution >= 0.6 is 0 Å². The molecule has 2 aromatic heterocycles. The minimum absolute atomic E-state index is 0.576. The highest BCUT2D eigenvalue weighted by Crippen LogP contribution is 2.27. The molecule has 0 unspecified atom stereocenters. The van der Waals surface area contributed by atoms with E-state index in [1.807, 2.05) is 25.1 Å². The molecule has 2 N–H and O–H groups in total. The van der Waals surface area contributed by atoms with Crippen molar-refractivity contribution in [3.8, 4) is 11.8 Å². The number of ether oxygens (including phenoxy) is 1. The van der Waals surface area contributed by atoms with Gasteiger partial charge in [0.1, 0.15) is 34.5 Å². The number of nitrogens with zero attached hydrogens (tertiary/aromatic N) is 3. The Hall–Kier alpha value is -3.33. The first kappa shape index (κ1) is 14.3. The van der Waals surface area contributed by atoms with E-state index in [4.69, 9.17) is 4.74 Å². The highest BCUT2D eigenvalue weighted by atomic mass is 16.5. The molecule has 0 aliphatic heterocycles. The van der Waals surface area contributed by atoms with Gasteiger partial charge in [0.2, 0.25) is 0 Å². The Labute approximate surface area is 138 Å². The van der Waals surface area contributed by atoms with E-state index in [1.165, 1.54) is 0 Å². The van der Waals surface area contributed by atoms with Gasteiger partial charge in [-0.2, -0.15) is 5.26 Å². The van der Waals surface area contributed by atoms with Crippen LogP contribution in [0.2, 0.25) is 0 Å². The Balaban J connectivity index is 1.78. The normalized spacial score (nSPS) is 11.0. The second-order valence-corrected chi connectivity index (χ2v) is 5.69. The molecule has 0 fully saturated rings. The number of aromatic nitrogens is 4. The lowest BCUT2D eigenvalue weighted by atomic mass is 10.1. The Morgan fingerprint density at radius 3 is 2.79 bits per heavy atom. The summed E-state index contributed by atoms with van der Waals surface area (Å²) in [5.41, 5.74) is 4.98. The molecule has 0 saturated carbocycles. The molecule has 0 bridgehead atoms. The predicted molar refractivity (Wildman–Crippen MR) is 91.0 cm³/mol. The maximum Gasteiger partial charge on any atom is 0.146 e. The third-order valence-electron chi connectivity index (χ3n) is 4.00. The second-order valence-electron chi connectivity index (χ2n) is 5.69. The molecule has 6 nitrogen and oxygen atoms in total. The summed E-state index contributed by atoms with van der Waals surface area (Å²) in [4.78, 5) is 15.5. The van der Waals surface area contributed by atoms with Gasteiger partial charge in [-0.05, 0) is 36.8 Å². The number of aromatic amines is 2. The number of methoxy groups -OCH3 is 1. The Kier molecular flexibility index (Phi) is 3.21. The lowest BCUT2D eigenvalue weighted by Crippen LogP contribution is -1.93. The SMILES string of the molecule is COc1cc(Cc2nc3c(C#N)cccc3[nH]2)cc2[nH]c(C)nc12. The number of para-hydroxylation sites is 1.